The van der Waals surface area contributed by atoms with Crippen LogP contribution < -0.4 is 5.73 Å². The molecule has 2 aromatic carbocycles. The number of aromatic nitrogens is 1. The number of benzene rings is 2. The summed E-state index contributed by atoms with van der Waals surface area (Å²) in [5, 5.41) is 8.33. The van der Waals surface area contributed by atoms with Gasteiger partial charge < -0.3 is 20.4 Å². The number of fused-ring (bicyclic) bond motifs is 1. The van der Waals surface area contributed by atoms with E-state index < -0.39 is 5.82 Å². The Labute approximate surface area is 199 Å². The van der Waals surface area contributed by atoms with Crippen LogP contribution in [0.1, 0.15) is 68.7 Å². The molecule has 0 amide bonds. The van der Waals surface area contributed by atoms with Gasteiger partial charge in [0.1, 0.15) is 5.82 Å². The second-order valence-corrected chi connectivity index (χ2v) is 10.6. The summed E-state index contributed by atoms with van der Waals surface area (Å²) in [6.45, 7) is 5.95. The maximum atomic E-state index is 15.9. The molecule has 0 radical (unpaired) electrons. The molecule has 0 bridgehead atoms. The molecule has 0 atom stereocenters. The Morgan fingerprint density at radius 3 is 2.47 bits per heavy atom. The van der Waals surface area contributed by atoms with E-state index in [9.17, 15) is 4.39 Å². The summed E-state index contributed by atoms with van der Waals surface area (Å²) in [5.41, 5.74) is 10.4. The molecular formula is C28H33F2N3O. The summed E-state index contributed by atoms with van der Waals surface area (Å²) >= 11 is 0. The smallest absolute Gasteiger partial charge is 0.156 e. The van der Waals surface area contributed by atoms with E-state index in [4.69, 9.17) is 15.9 Å². The van der Waals surface area contributed by atoms with Gasteiger partial charge in [0, 0.05) is 47.7 Å². The minimum Gasteiger partial charge on any atom is -0.396 e. The van der Waals surface area contributed by atoms with Crippen LogP contribution in [-0.4, -0.2) is 24.0 Å². The molecule has 5 rings (SSSR count). The first-order chi connectivity index (χ1) is 16.3. The number of anilines is 1. The molecule has 1 saturated heterocycles. The van der Waals surface area contributed by atoms with Crippen LogP contribution >= 0.6 is 0 Å². The molecule has 1 aliphatic carbocycles. The Kier molecular flexibility index (Phi) is 5.96. The number of hydrogen-bond acceptors (Lipinski definition) is 3. The molecule has 2 fully saturated rings. The van der Waals surface area contributed by atoms with Crippen molar-refractivity contribution in [2.45, 2.75) is 58.3 Å². The molecule has 2 heterocycles. The summed E-state index contributed by atoms with van der Waals surface area (Å²) in [6, 6.07) is 8.18. The van der Waals surface area contributed by atoms with E-state index in [1.165, 1.54) is 25.0 Å². The van der Waals surface area contributed by atoms with Crippen LogP contribution in [0.4, 0.5) is 14.5 Å². The first kappa shape index (κ1) is 23.0. The molecule has 3 aromatic rings. The van der Waals surface area contributed by atoms with Gasteiger partial charge in [-0.2, -0.15) is 0 Å². The summed E-state index contributed by atoms with van der Waals surface area (Å²) in [4.78, 5) is 0. The van der Waals surface area contributed by atoms with Crippen LogP contribution in [0.3, 0.4) is 0 Å². The molecule has 6 heteroatoms. The molecule has 34 heavy (non-hydrogen) atoms. The number of aryl methyl sites for hydroxylation is 1. The van der Waals surface area contributed by atoms with Crippen molar-refractivity contribution in [1.29, 1.82) is 5.41 Å². The van der Waals surface area contributed by atoms with Crippen LogP contribution in [0, 0.1) is 28.4 Å². The second-order valence-electron chi connectivity index (χ2n) is 10.6. The van der Waals surface area contributed by atoms with Crippen molar-refractivity contribution < 1.29 is 13.5 Å². The van der Waals surface area contributed by atoms with Crippen LogP contribution in [0.15, 0.2) is 30.3 Å². The summed E-state index contributed by atoms with van der Waals surface area (Å²) in [7, 11) is 0. The van der Waals surface area contributed by atoms with Crippen molar-refractivity contribution in [2.24, 2.45) is 11.3 Å². The van der Waals surface area contributed by atoms with Crippen molar-refractivity contribution in [3.05, 3.63) is 58.8 Å². The van der Waals surface area contributed by atoms with Crippen molar-refractivity contribution in [3.8, 4) is 5.69 Å². The predicted octanol–water partition coefficient (Wildman–Crippen LogP) is 6.75. The Hall–Kier alpha value is -2.73. The van der Waals surface area contributed by atoms with Gasteiger partial charge in [0.25, 0.3) is 0 Å². The molecule has 1 saturated carbocycles. The SMILES string of the molecule is CC1CC(C)(CCc2c(C3CCOCC3)n(-c3ccc(F)cc3)c3cc(C=N)c(N)c(F)c23)C1. The van der Waals surface area contributed by atoms with E-state index in [2.05, 4.69) is 18.4 Å². The van der Waals surface area contributed by atoms with Gasteiger partial charge in [0.05, 0.1) is 11.2 Å². The monoisotopic (exact) mass is 465 g/mol. The molecule has 3 N–H and O–H groups in total. The third kappa shape index (κ3) is 3.92. The number of rotatable bonds is 6. The molecular weight excluding hydrogens is 432 g/mol. The van der Waals surface area contributed by atoms with Crippen LogP contribution in [0.2, 0.25) is 0 Å². The standard InChI is InChI=1S/C28H33F2N3O/c1-17-14-28(2,15-17)10-7-22-24-23(13-19(16-31)26(32)25(24)30)33(21-5-3-20(29)4-6-21)27(22)18-8-11-34-12-9-18/h3-6,13,16-18,31H,7-12,14-15,32H2,1-2H3. The third-order valence-corrected chi connectivity index (χ3v) is 7.92. The van der Waals surface area contributed by atoms with Gasteiger partial charge in [-0.15, -0.1) is 0 Å². The molecule has 1 aliphatic heterocycles. The highest BCUT2D eigenvalue weighted by molar-refractivity contribution is 5.98. The Bertz CT molecular complexity index is 1220. The van der Waals surface area contributed by atoms with Gasteiger partial charge in [0.2, 0.25) is 0 Å². The van der Waals surface area contributed by atoms with Crippen molar-refractivity contribution in [2.75, 3.05) is 18.9 Å². The predicted molar refractivity (Wildman–Crippen MR) is 133 cm³/mol. The zero-order valence-corrected chi connectivity index (χ0v) is 20.0. The van der Waals surface area contributed by atoms with Crippen LogP contribution in [-0.2, 0) is 11.2 Å². The van der Waals surface area contributed by atoms with Crippen molar-refractivity contribution in [3.63, 3.8) is 0 Å². The number of hydrogen-bond donors (Lipinski definition) is 2. The molecule has 2 aliphatic rings. The van der Waals surface area contributed by atoms with Gasteiger partial charge in [-0.05, 0) is 85.8 Å². The van der Waals surface area contributed by atoms with E-state index in [1.807, 2.05) is 6.07 Å². The van der Waals surface area contributed by atoms with E-state index in [0.29, 0.717) is 29.7 Å². The second kappa shape index (κ2) is 8.81. The lowest BCUT2D eigenvalue weighted by Crippen LogP contribution is -2.33. The average molecular weight is 466 g/mol. The third-order valence-electron chi connectivity index (χ3n) is 7.92. The maximum absolute atomic E-state index is 15.9. The number of nitrogens with zero attached hydrogens (tertiary/aromatic N) is 1. The molecule has 180 valence electrons. The van der Waals surface area contributed by atoms with Crippen LogP contribution in [0.25, 0.3) is 16.6 Å². The lowest BCUT2D eigenvalue weighted by molar-refractivity contribution is 0.0768. The molecule has 4 nitrogen and oxygen atoms in total. The average Bonchev–Trinajstić information content (AvgIpc) is 3.14. The Balaban J connectivity index is 1.76. The van der Waals surface area contributed by atoms with E-state index in [0.717, 1.165) is 54.8 Å². The molecule has 0 spiro atoms. The van der Waals surface area contributed by atoms with E-state index >= 15 is 4.39 Å². The first-order valence-electron chi connectivity index (χ1n) is 12.3. The van der Waals surface area contributed by atoms with Crippen LogP contribution in [0.5, 0.6) is 0 Å². The number of nitrogens with one attached hydrogen (secondary N) is 1. The van der Waals surface area contributed by atoms with E-state index in [1.54, 1.807) is 12.1 Å². The Morgan fingerprint density at radius 2 is 1.85 bits per heavy atom. The highest BCUT2D eigenvalue weighted by Gasteiger charge is 2.38. The highest BCUT2D eigenvalue weighted by atomic mass is 19.1. The zero-order chi connectivity index (χ0) is 24.0. The van der Waals surface area contributed by atoms with Gasteiger partial charge >= 0.3 is 0 Å². The first-order valence-corrected chi connectivity index (χ1v) is 12.3. The fraction of sp³-hybridized carbons (Fsp3) is 0.464. The zero-order valence-electron chi connectivity index (χ0n) is 20.0. The fourth-order valence-corrected chi connectivity index (χ4v) is 6.42. The quantitative estimate of drug-likeness (QED) is 0.312. The number of nitrogens with two attached hydrogens (primary N) is 1. The summed E-state index contributed by atoms with van der Waals surface area (Å²) in [6.07, 6.45) is 6.95. The Morgan fingerprint density at radius 1 is 1.18 bits per heavy atom. The van der Waals surface area contributed by atoms with Gasteiger partial charge in [-0.1, -0.05) is 13.8 Å². The lowest BCUT2D eigenvalue weighted by atomic mass is 9.61. The number of halogens is 2. The summed E-state index contributed by atoms with van der Waals surface area (Å²) < 4.78 is 37.4. The summed E-state index contributed by atoms with van der Waals surface area (Å²) in [5.74, 6) is 0.185. The van der Waals surface area contributed by atoms with Crippen molar-refractivity contribution in [1.82, 2.24) is 4.57 Å². The topological polar surface area (TPSA) is 64.0 Å². The molecule has 0 unspecified atom stereocenters. The molecule has 1 aromatic heterocycles. The highest BCUT2D eigenvalue weighted by Crippen LogP contribution is 2.49. The number of ether oxygens (including phenoxy) is 1. The van der Waals surface area contributed by atoms with E-state index in [-0.39, 0.29) is 22.8 Å². The maximum Gasteiger partial charge on any atom is 0.156 e. The normalized spacial score (nSPS) is 23.2. The lowest BCUT2D eigenvalue weighted by Gasteiger charge is -2.44. The van der Waals surface area contributed by atoms with Crippen molar-refractivity contribution >= 4 is 22.8 Å². The van der Waals surface area contributed by atoms with Gasteiger partial charge in [-0.3, -0.25) is 0 Å². The minimum atomic E-state index is -0.452. The minimum absolute atomic E-state index is 0.0158. The van der Waals surface area contributed by atoms with Gasteiger partial charge in [-0.25, -0.2) is 8.78 Å². The fourth-order valence-electron chi connectivity index (χ4n) is 6.42. The number of nitrogen functional groups attached to an aromatic ring is 1. The largest absolute Gasteiger partial charge is 0.396 e. The van der Waals surface area contributed by atoms with Gasteiger partial charge in [0.15, 0.2) is 5.82 Å².